The van der Waals surface area contributed by atoms with Crippen LogP contribution in [0.4, 0.5) is 4.39 Å². The first-order valence-corrected chi connectivity index (χ1v) is 7.05. The molecule has 2 N–H and O–H groups in total. The molecule has 1 fully saturated rings. The van der Waals surface area contributed by atoms with Crippen molar-refractivity contribution in [2.24, 2.45) is 5.73 Å². The maximum absolute atomic E-state index is 13.5. The van der Waals surface area contributed by atoms with E-state index in [0.29, 0.717) is 25.3 Å². The normalized spacial score (nSPS) is 18.0. The summed E-state index contributed by atoms with van der Waals surface area (Å²) in [6.45, 7) is 3.74. The molecule has 21 heavy (non-hydrogen) atoms. The number of morpholine rings is 1. The third kappa shape index (κ3) is 3.81. The molecule has 1 aliphatic heterocycles. The largest absolute Gasteiger partial charge is 0.375 e. The van der Waals surface area contributed by atoms with E-state index in [1.54, 1.807) is 4.90 Å². The summed E-state index contributed by atoms with van der Waals surface area (Å²) in [5, 5.41) is 0. The van der Waals surface area contributed by atoms with Gasteiger partial charge in [0, 0.05) is 18.7 Å². The monoisotopic (exact) mass is 290 g/mol. The quantitative estimate of drug-likeness (QED) is 0.837. The van der Waals surface area contributed by atoms with Crippen LogP contribution in [0.15, 0.2) is 18.2 Å². The summed E-state index contributed by atoms with van der Waals surface area (Å²) in [6, 6.07) is 4.05. The Balaban J connectivity index is 2.27. The minimum atomic E-state index is -0.447. The second kappa shape index (κ2) is 7.21. The fraction of sp³-hybridized carbons (Fsp3) is 0.438. The van der Waals surface area contributed by atoms with Crippen molar-refractivity contribution in [3.05, 3.63) is 35.1 Å². The SMILES string of the molecule is CCC1CN(C(=O)c2cc(F)ccc2C#CCN)CCO1. The third-order valence-electron chi connectivity index (χ3n) is 3.42. The highest BCUT2D eigenvalue weighted by molar-refractivity contribution is 5.96. The maximum atomic E-state index is 13.5. The number of hydrogen-bond donors (Lipinski definition) is 1. The Morgan fingerprint density at radius 2 is 2.38 bits per heavy atom. The summed E-state index contributed by atoms with van der Waals surface area (Å²) in [6.07, 6.45) is 0.877. The number of carbonyl (C=O) groups is 1. The number of nitrogens with two attached hydrogens (primary N) is 1. The number of carbonyl (C=O) groups excluding carboxylic acids is 1. The van der Waals surface area contributed by atoms with Crippen molar-refractivity contribution in [2.75, 3.05) is 26.2 Å². The molecule has 112 valence electrons. The Morgan fingerprint density at radius 3 is 3.10 bits per heavy atom. The van der Waals surface area contributed by atoms with E-state index in [1.807, 2.05) is 6.92 Å². The molecule has 0 aromatic heterocycles. The standard InChI is InChI=1S/C16H19FN2O2/c1-2-14-11-19(8-9-21-14)16(20)15-10-13(17)6-5-12(15)4-3-7-18/h5-6,10,14H,2,7-9,11,18H2,1H3. The van der Waals surface area contributed by atoms with Gasteiger partial charge in [0.2, 0.25) is 0 Å². The number of amides is 1. The van der Waals surface area contributed by atoms with Crippen molar-refractivity contribution >= 4 is 5.91 Å². The predicted octanol–water partition coefficient (Wildman–Crippen LogP) is 1.39. The molecular weight excluding hydrogens is 271 g/mol. The van der Waals surface area contributed by atoms with Gasteiger partial charge < -0.3 is 15.4 Å². The van der Waals surface area contributed by atoms with Crippen LogP contribution in [-0.2, 0) is 4.74 Å². The van der Waals surface area contributed by atoms with Crippen LogP contribution in [-0.4, -0.2) is 43.2 Å². The van der Waals surface area contributed by atoms with E-state index in [9.17, 15) is 9.18 Å². The molecule has 5 heteroatoms. The molecule has 0 bridgehead atoms. The summed E-state index contributed by atoms with van der Waals surface area (Å²) in [5.74, 6) is 4.87. The highest BCUT2D eigenvalue weighted by Crippen LogP contribution is 2.16. The summed E-state index contributed by atoms with van der Waals surface area (Å²) >= 11 is 0. The first kappa shape index (κ1) is 15.5. The van der Waals surface area contributed by atoms with Crippen molar-refractivity contribution in [3.8, 4) is 11.8 Å². The first-order valence-electron chi connectivity index (χ1n) is 7.05. The maximum Gasteiger partial charge on any atom is 0.255 e. The zero-order valence-electron chi connectivity index (χ0n) is 12.1. The predicted molar refractivity (Wildman–Crippen MR) is 78.3 cm³/mol. The van der Waals surface area contributed by atoms with Gasteiger partial charge in [0.25, 0.3) is 5.91 Å². The lowest BCUT2D eigenvalue weighted by molar-refractivity contribution is -0.0226. The zero-order valence-corrected chi connectivity index (χ0v) is 12.1. The lowest BCUT2D eigenvalue weighted by Gasteiger charge is -2.32. The molecule has 1 amide bonds. The van der Waals surface area contributed by atoms with Crippen LogP contribution in [0, 0.1) is 17.7 Å². The molecule has 1 aromatic carbocycles. The van der Waals surface area contributed by atoms with Gasteiger partial charge in [0.05, 0.1) is 24.8 Å². The van der Waals surface area contributed by atoms with Gasteiger partial charge in [0.1, 0.15) is 5.82 Å². The Kier molecular flexibility index (Phi) is 5.32. The zero-order chi connectivity index (χ0) is 15.2. The summed E-state index contributed by atoms with van der Waals surface area (Å²) in [7, 11) is 0. The molecule has 0 aliphatic carbocycles. The summed E-state index contributed by atoms with van der Waals surface area (Å²) in [4.78, 5) is 14.3. The topological polar surface area (TPSA) is 55.6 Å². The number of halogens is 1. The van der Waals surface area contributed by atoms with E-state index in [2.05, 4.69) is 11.8 Å². The minimum absolute atomic E-state index is 0.0369. The first-order chi connectivity index (χ1) is 10.2. The minimum Gasteiger partial charge on any atom is -0.375 e. The van der Waals surface area contributed by atoms with Gasteiger partial charge in [0.15, 0.2) is 0 Å². The lowest BCUT2D eigenvalue weighted by Crippen LogP contribution is -2.45. The van der Waals surface area contributed by atoms with E-state index in [-0.39, 0.29) is 24.1 Å². The molecular formula is C16H19FN2O2. The van der Waals surface area contributed by atoms with Gasteiger partial charge in [-0.1, -0.05) is 18.8 Å². The van der Waals surface area contributed by atoms with E-state index in [0.717, 1.165) is 6.42 Å². The molecule has 1 atom stereocenters. The second-order valence-electron chi connectivity index (χ2n) is 4.85. The molecule has 2 rings (SSSR count). The number of benzene rings is 1. The van der Waals surface area contributed by atoms with Crippen LogP contribution < -0.4 is 5.73 Å². The Morgan fingerprint density at radius 1 is 1.57 bits per heavy atom. The molecule has 4 nitrogen and oxygen atoms in total. The molecule has 1 saturated heterocycles. The molecule has 0 spiro atoms. The highest BCUT2D eigenvalue weighted by Gasteiger charge is 2.25. The van der Waals surface area contributed by atoms with Crippen molar-refractivity contribution in [1.29, 1.82) is 0 Å². The number of rotatable bonds is 2. The van der Waals surface area contributed by atoms with Crippen molar-refractivity contribution in [2.45, 2.75) is 19.4 Å². The van der Waals surface area contributed by atoms with Gasteiger partial charge >= 0.3 is 0 Å². The van der Waals surface area contributed by atoms with E-state index in [1.165, 1.54) is 18.2 Å². The molecule has 0 saturated carbocycles. The van der Waals surface area contributed by atoms with Gasteiger partial charge in [-0.2, -0.15) is 0 Å². The highest BCUT2D eigenvalue weighted by atomic mass is 19.1. The van der Waals surface area contributed by atoms with Crippen LogP contribution in [0.5, 0.6) is 0 Å². The summed E-state index contributed by atoms with van der Waals surface area (Å²) < 4.78 is 19.0. The van der Waals surface area contributed by atoms with E-state index >= 15 is 0 Å². The lowest BCUT2D eigenvalue weighted by atomic mass is 10.1. The van der Waals surface area contributed by atoms with Gasteiger partial charge in [-0.15, -0.1) is 0 Å². The fourth-order valence-electron chi connectivity index (χ4n) is 2.27. The van der Waals surface area contributed by atoms with Gasteiger partial charge in [-0.25, -0.2) is 4.39 Å². The van der Waals surface area contributed by atoms with Crippen LogP contribution in [0.3, 0.4) is 0 Å². The van der Waals surface area contributed by atoms with Gasteiger partial charge in [-0.05, 0) is 24.6 Å². The average molecular weight is 290 g/mol. The fourth-order valence-corrected chi connectivity index (χ4v) is 2.27. The molecule has 1 unspecified atom stereocenters. The van der Waals surface area contributed by atoms with Crippen LogP contribution in [0.25, 0.3) is 0 Å². The Labute approximate surface area is 124 Å². The van der Waals surface area contributed by atoms with Crippen LogP contribution in [0.1, 0.15) is 29.3 Å². The number of nitrogens with zero attached hydrogens (tertiary/aromatic N) is 1. The van der Waals surface area contributed by atoms with E-state index in [4.69, 9.17) is 10.5 Å². The van der Waals surface area contributed by atoms with E-state index < -0.39 is 5.82 Å². The number of ether oxygens (including phenoxy) is 1. The van der Waals surface area contributed by atoms with Crippen molar-refractivity contribution in [1.82, 2.24) is 4.90 Å². The van der Waals surface area contributed by atoms with Gasteiger partial charge in [-0.3, -0.25) is 4.79 Å². The third-order valence-corrected chi connectivity index (χ3v) is 3.42. The van der Waals surface area contributed by atoms with Crippen molar-refractivity contribution < 1.29 is 13.9 Å². The van der Waals surface area contributed by atoms with Crippen LogP contribution in [0.2, 0.25) is 0 Å². The molecule has 0 radical (unpaired) electrons. The summed E-state index contributed by atoms with van der Waals surface area (Å²) in [5.41, 5.74) is 6.14. The Hall–Kier alpha value is -1.90. The average Bonchev–Trinajstić information content (AvgIpc) is 2.53. The second-order valence-corrected chi connectivity index (χ2v) is 4.85. The van der Waals surface area contributed by atoms with Crippen molar-refractivity contribution in [3.63, 3.8) is 0 Å². The molecule has 1 aromatic rings. The Bertz CT molecular complexity index is 577. The number of hydrogen-bond acceptors (Lipinski definition) is 3. The molecule has 1 aliphatic rings. The van der Waals surface area contributed by atoms with Crippen LogP contribution >= 0.6 is 0 Å². The smallest absolute Gasteiger partial charge is 0.255 e. The molecule has 1 heterocycles.